The summed E-state index contributed by atoms with van der Waals surface area (Å²) in [5, 5.41) is 3.54. The van der Waals surface area contributed by atoms with E-state index >= 15 is 0 Å². The van der Waals surface area contributed by atoms with Crippen LogP contribution in [0.15, 0.2) is 22.7 Å². The van der Waals surface area contributed by atoms with E-state index in [0.29, 0.717) is 6.04 Å². The standard InChI is InChI=1S/C17H21BrFN/c1-20-16-11-4-10-5-12(16)9-17(7-10,8-11)14-6-13(18)2-3-15(14)19/h2-3,6,10-12,16,20H,4-5,7-9H2,1H3. The van der Waals surface area contributed by atoms with Gasteiger partial charge in [-0.3, -0.25) is 0 Å². The molecule has 0 saturated heterocycles. The fraction of sp³-hybridized carbons (Fsp3) is 0.647. The van der Waals surface area contributed by atoms with Crippen molar-refractivity contribution < 1.29 is 4.39 Å². The van der Waals surface area contributed by atoms with E-state index in [-0.39, 0.29) is 11.2 Å². The summed E-state index contributed by atoms with van der Waals surface area (Å²) < 4.78 is 15.4. The third-order valence-corrected chi connectivity index (χ3v) is 6.60. The van der Waals surface area contributed by atoms with Gasteiger partial charge in [-0.05, 0) is 86.1 Å². The lowest BCUT2D eigenvalue weighted by Crippen LogP contribution is -2.59. The molecule has 0 aromatic heterocycles. The van der Waals surface area contributed by atoms with Gasteiger partial charge in [0.2, 0.25) is 0 Å². The Kier molecular flexibility index (Phi) is 3.01. The largest absolute Gasteiger partial charge is 0.316 e. The first-order valence-corrected chi connectivity index (χ1v) is 8.53. The molecule has 1 N–H and O–H groups in total. The molecular weight excluding hydrogens is 317 g/mol. The highest BCUT2D eigenvalue weighted by molar-refractivity contribution is 9.10. The molecule has 4 aliphatic rings. The Bertz CT molecular complexity index is 528. The Labute approximate surface area is 128 Å². The lowest BCUT2D eigenvalue weighted by atomic mass is 9.46. The molecule has 4 bridgehead atoms. The van der Waals surface area contributed by atoms with E-state index < -0.39 is 0 Å². The van der Waals surface area contributed by atoms with Gasteiger partial charge in [-0.2, -0.15) is 0 Å². The van der Waals surface area contributed by atoms with Gasteiger partial charge in [0, 0.05) is 10.5 Å². The topological polar surface area (TPSA) is 12.0 Å². The maximum Gasteiger partial charge on any atom is 0.127 e. The van der Waals surface area contributed by atoms with Gasteiger partial charge in [0.1, 0.15) is 5.82 Å². The van der Waals surface area contributed by atoms with Crippen molar-refractivity contribution in [2.45, 2.75) is 43.6 Å². The molecule has 1 aromatic carbocycles. The quantitative estimate of drug-likeness (QED) is 0.850. The highest BCUT2D eigenvalue weighted by Crippen LogP contribution is 2.61. The zero-order valence-corrected chi connectivity index (χ0v) is 13.4. The van der Waals surface area contributed by atoms with Gasteiger partial charge in [-0.1, -0.05) is 15.9 Å². The van der Waals surface area contributed by atoms with Gasteiger partial charge < -0.3 is 5.32 Å². The summed E-state index contributed by atoms with van der Waals surface area (Å²) in [4.78, 5) is 0. The molecule has 0 aliphatic heterocycles. The van der Waals surface area contributed by atoms with Crippen LogP contribution in [0.1, 0.15) is 37.7 Å². The zero-order valence-electron chi connectivity index (χ0n) is 11.8. The van der Waals surface area contributed by atoms with E-state index in [1.54, 1.807) is 6.07 Å². The molecule has 5 rings (SSSR count). The molecule has 20 heavy (non-hydrogen) atoms. The molecule has 0 spiro atoms. The number of hydrogen-bond donors (Lipinski definition) is 1. The van der Waals surface area contributed by atoms with Gasteiger partial charge in [0.05, 0.1) is 0 Å². The van der Waals surface area contributed by atoms with E-state index in [4.69, 9.17) is 0 Å². The van der Waals surface area contributed by atoms with Crippen LogP contribution < -0.4 is 5.32 Å². The minimum atomic E-state index is -0.00356. The summed E-state index contributed by atoms with van der Waals surface area (Å²) in [6.07, 6.45) is 6.22. The van der Waals surface area contributed by atoms with Gasteiger partial charge in [-0.15, -0.1) is 0 Å². The minimum Gasteiger partial charge on any atom is -0.316 e. The van der Waals surface area contributed by atoms with Crippen LogP contribution in [0, 0.1) is 23.6 Å². The minimum absolute atomic E-state index is 0.00356. The number of rotatable bonds is 2. The van der Waals surface area contributed by atoms with Crippen molar-refractivity contribution in [2.75, 3.05) is 7.05 Å². The SMILES string of the molecule is CNC1C2CC3CC1CC(c1cc(Br)ccc1F)(C3)C2. The van der Waals surface area contributed by atoms with E-state index in [2.05, 4.69) is 28.3 Å². The second kappa shape index (κ2) is 4.54. The van der Waals surface area contributed by atoms with Crippen molar-refractivity contribution in [1.82, 2.24) is 5.32 Å². The molecule has 0 amide bonds. The van der Waals surface area contributed by atoms with Crippen molar-refractivity contribution in [1.29, 1.82) is 0 Å². The average Bonchev–Trinajstić information content (AvgIpc) is 2.41. The van der Waals surface area contributed by atoms with Crippen molar-refractivity contribution in [3.05, 3.63) is 34.1 Å². The van der Waals surface area contributed by atoms with Crippen LogP contribution in [0.3, 0.4) is 0 Å². The molecule has 3 heteroatoms. The summed E-state index contributed by atoms with van der Waals surface area (Å²) in [6.45, 7) is 0. The fourth-order valence-corrected chi connectivity index (χ4v) is 6.09. The van der Waals surface area contributed by atoms with E-state index in [1.807, 2.05) is 12.1 Å². The van der Waals surface area contributed by atoms with Crippen molar-refractivity contribution in [3.63, 3.8) is 0 Å². The molecule has 4 saturated carbocycles. The number of hydrogen-bond acceptors (Lipinski definition) is 1. The third-order valence-electron chi connectivity index (χ3n) is 6.11. The molecule has 108 valence electrons. The third kappa shape index (κ3) is 1.82. The molecule has 2 atom stereocenters. The zero-order chi connectivity index (χ0) is 13.9. The first-order chi connectivity index (χ1) is 9.61. The predicted molar refractivity (Wildman–Crippen MR) is 82.2 cm³/mol. The van der Waals surface area contributed by atoms with Crippen molar-refractivity contribution in [3.8, 4) is 0 Å². The predicted octanol–water partition coefficient (Wildman–Crippen LogP) is 4.25. The van der Waals surface area contributed by atoms with Crippen LogP contribution in [-0.2, 0) is 5.41 Å². The molecular formula is C17H21BrFN. The number of halogens is 2. The van der Waals surface area contributed by atoms with Crippen molar-refractivity contribution >= 4 is 15.9 Å². The normalized spacial score (nSPS) is 42.1. The molecule has 0 radical (unpaired) electrons. The molecule has 0 heterocycles. The number of nitrogens with one attached hydrogen (secondary N) is 1. The first kappa shape index (κ1) is 13.3. The molecule has 4 fully saturated rings. The molecule has 1 aromatic rings. The molecule has 2 unspecified atom stereocenters. The summed E-state index contributed by atoms with van der Waals surface area (Å²) in [6, 6.07) is 6.15. The van der Waals surface area contributed by atoms with E-state index in [1.165, 1.54) is 32.1 Å². The lowest BCUT2D eigenvalue weighted by molar-refractivity contribution is -0.0339. The molecule has 1 nitrogen and oxygen atoms in total. The summed E-state index contributed by atoms with van der Waals surface area (Å²) in [5.41, 5.74) is 1.08. The molecule has 4 aliphatic carbocycles. The Hall–Kier alpha value is -0.410. The van der Waals surface area contributed by atoms with Crippen LogP contribution in [0.5, 0.6) is 0 Å². The highest BCUT2D eigenvalue weighted by Gasteiger charge is 2.56. The van der Waals surface area contributed by atoms with E-state index in [0.717, 1.165) is 27.8 Å². The van der Waals surface area contributed by atoms with Crippen LogP contribution in [0.4, 0.5) is 4.39 Å². The van der Waals surface area contributed by atoms with Crippen molar-refractivity contribution in [2.24, 2.45) is 17.8 Å². The van der Waals surface area contributed by atoms with Crippen LogP contribution in [-0.4, -0.2) is 13.1 Å². The van der Waals surface area contributed by atoms with Gasteiger partial charge >= 0.3 is 0 Å². The van der Waals surface area contributed by atoms with Gasteiger partial charge in [0.15, 0.2) is 0 Å². The summed E-state index contributed by atoms with van der Waals surface area (Å²) >= 11 is 3.52. The van der Waals surface area contributed by atoms with Crippen LogP contribution in [0.2, 0.25) is 0 Å². The van der Waals surface area contributed by atoms with E-state index in [9.17, 15) is 4.39 Å². The Morgan fingerprint density at radius 1 is 1.20 bits per heavy atom. The second-order valence-electron chi connectivity index (χ2n) is 7.19. The monoisotopic (exact) mass is 337 g/mol. The maximum atomic E-state index is 14.4. The Balaban J connectivity index is 1.77. The van der Waals surface area contributed by atoms with Gasteiger partial charge in [0.25, 0.3) is 0 Å². The summed E-state index contributed by atoms with van der Waals surface area (Å²) in [5.74, 6) is 2.29. The summed E-state index contributed by atoms with van der Waals surface area (Å²) in [7, 11) is 2.10. The Morgan fingerprint density at radius 2 is 1.90 bits per heavy atom. The first-order valence-electron chi connectivity index (χ1n) is 7.74. The highest BCUT2D eigenvalue weighted by atomic mass is 79.9. The second-order valence-corrected chi connectivity index (χ2v) is 8.10. The lowest BCUT2D eigenvalue weighted by Gasteiger charge is -2.60. The van der Waals surface area contributed by atoms with Gasteiger partial charge in [-0.25, -0.2) is 4.39 Å². The van der Waals surface area contributed by atoms with Crippen LogP contribution in [0.25, 0.3) is 0 Å². The van der Waals surface area contributed by atoms with Crippen LogP contribution >= 0.6 is 15.9 Å². The fourth-order valence-electron chi connectivity index (χ4n) is 5.73. The number of benzene rings is 1. The average molecular weight is 338 g/mol. The maximum absolute atomic E-state index is 14.4. The smallest absolute Gasteiger partial charge is 0.127 e. The Morgan fingerprint density at radius 3 is 2.55 bits per heavy atom.